The van der Waals surface area contributed by atoms with Crippen LogP contribution in [0.1, 0.15) is 66.9 Å². The molecule has 1 saturated carbocycles. The molecule has 1 unspecified atom stereocenters. The Hall–Kier alpha value is -2.52. The molecular weight excluding hydrogens is 596 g/mol. The van der Waals surface area contributed by atoms with Crippen LogP contribution in [0.5, 0.6) is 5.75 Å². The largest absolute Gasteiger partial charge is 0.490 e. The van der Waals surface area contributed by atoms with E-state index in [1.54, 1.807) is 13.2 Å². The summed E-state index contributed by atoms with van der Waals surface area (Å²) >= 11 is 6.44. The van der Waals surface area contributed by atoms with Gasteiger partial charge >= 0.3 is 0 Å². The first-order valence-electron chi connectivity index (χ1n) is 16.0. The topological polar surface area (TPSA) is 77.1 Å². The first-order valence-corrected chi connectivity index (χ1v) is 18.1. The summed E-state index contributed by atoms with van der Waals surface area (Å²) in [4.78, 5) is 15.9. The lowest BCUT2D eigenvalue weighted by Crippen LogP contribution is -2.49. The molecule has 0 radical (unpaired) electrons. The van der Waals surface area contributed by atoms with Crippen molar-refractivity contribution in [3.05, 3.63) is 70.3 Å². The molecule has 0 aromatic heterocycles. The maximum Gasteiger partial charge on any atom is 0.262 e. The zero-order valence-corrected chi connectivity index (χ0v) is 27.5. The lowest BCUT2D eigenvalue weighted by Gasteiger charge is -2.46. The summed E-state index contributed by atoms with van der Waals surface area (Å²) in [6.07, 6.45) is 11.0. The van der Waals surface area contributed by atoms with Crippen LogP contribution in [0.3, 0.4) is 0 Å². The highest BCUT2D eigenvalue weighted by Gasteiger charge is 2.44. The van der Waals surface area contributed by atoms with E-state index in [0.29, 0.717) is 43.6 Å². The van der Waals surface area contributed by atoms with Crippen LogP contribution in [0, 0.1) is 11.8 Å². The Bertz CT molecular complexity index is 1510. The summed E-state index contributed by atoms with van der Waals surface area (Å²) in [6.45, 7) is 5.14. The molecule has 1 N–H and O–H groups in total. The van der Waals surface area contributed by atoms with Crippen molar-refractivity contribution in [2.24, 2.45) is 11.8 Å². The van der Waals surface area contributed by atoms with E-state index in [-0.39, 0.29) is 22.7 Å². The fourth-order valence-electron chi connectivity index (χ4n) is 7.45. The molecule has 44 heavy (non-hydrogen) atoms. The predicted molar refractivity (Wildman–Crippen MR) is 179 cm³/mol. The number of aryl methyl sites for hydroxylation is 1. The van der Waals surface area contributed by atoms with Gasteiger partial charge in [0.15, 0.2) is 0 Å². The minimum absolute atomic E-state index is 0.0172. The number of rotatable bonds is 4. The van der Waals surface area contributed by atoms with Gasteiger partial charge in [0.1, 0.15) is 5.75 Å². The summed E-state index contributed by atoms with van der Waals surface area (Å²) in [7, 11) is -1.17. The second kappa shape index (κ2) is 13.1. The van der Waals surface area contributed by atoms with Gasteiger partial charge in [0, 0.05) is 41.5 Å². The minimum atomic E-state index is -2.86. The molecule has 1 amide bonds. The van der Waals surface area contributed by atoms with Gasteiger partial charge in [-0.15, -0.1) is 0 Å². The summed E-state index contributed by atoms with van der Waals surface area (Å²) in [5.41, 5.74) is 3.77. The van der Waals surface area contributed by atoms with E-state index in [2.05, 4.69) is 39.8 Å². The smallest absolute Gasteiger partial charge is 0.262 e. The number of amides is 1. The molecule has 4 aliphatic rings. The molecule has 9 heteroatoms. The fraction of sp³-hybridized carbons (Fsp3) is 0.543. The highest BCUT2D eigenvalue weighted by molar-refractivity contribution is 7.99. The second-order valence-electron chi connectivity index (χ2n) is 13.1. The maximum atomic E-state index is 13.5. The van der Waals surface area contributed by atoms with Crippen molar-refractivity contribution in [1.29, 1.82) is 0 Å². The highest BCUT2D eigenvalue weighted by Crippen LogP contribution is 2.47. The van der Waals surface area contributed by atoms with Gasteiger partial charge in [0.25, 0.3) is 5.91 Å². The molecule has 1 spiro atoms. The number of anilines is 1. The SMILES string of the molecule is C=S1(=O)NC(=O)c2ccc3c(c2)N(C[C@@H]2CC[C@H]2[C@@H](OCCOC)/C=C/CC[C@H]1C)C[C@@]1(CCCc2cc(Cl)ccc21)CO3. The van der Waals surface area contributed by atoms with Crippen LogP contribution in [0.15, 0.2) is 48.6 Å². The zero-order valence-electron chi connectivity index (χ0n) is 25.9. The van der Waals surface area contributed by atoms with E-state index in [9.17, 15) is 9.00 Å². The maximum absolute atomic E-state index is 13.5. The van der Waals surface area contributed by atoms with Gasteiger partial charge in [0.2, 0.25) is 0 Å². The number of hydrogen-bond donors (Lipinski definition) is 1. The van der Waals surface area contributed by atoms with E-state index in [0.717, 1.165) is 68.1 Å². The fourth-order valence-corrected chi connectivity index (χ4v) is 8.79. The lowest BCUT2D eigenvalue weighted by atomic mass is 9.68. The van der Waals surface area contributed by atoms with Crippen LogP contribution in [0.2, 0.25) is 5.02 Å². The number of ether oxygens (including phenoxy) is 3. The molecule has 6 atom stereocenters. The van der Waals surface area contributed by atoms with Crippen LogP contribution in [-0.2, 0) is 31.0 Å². The van der Waals surface area contributed by atoms with Gasteiger partial charge in [-0.2, -0.15) is 0 Å². The third kappa shape index (κ3) is 6.41. The number of carbonyl (C=O) groups excluding carboxylic acids is 1. The van der Waals surface area contributed by atoms with Crippen LogP contribution in [0.4, 0.5) is 5.69 Å². The van der Waals surface area contributed by atoms with Gasteiger partial charge in [0.05, 0.1) is 41.3 Å². The van der Waals surface area contributed by atoms with Gasteiger partial charge in [-0.3, -0.25) is 9.52 Å². The second-order valence-corrected chi connectivity index (χ2v) is 16.0. The molecule has 2 aliphatic heterocycles. The van der Waals surface area contributed by atoms with Crippen molar-refractivity contribution in [1.82, 2.24) is 4.72 Å². The first kappa shape index (κ1) is 31.5. The Morgan fingerprint density at radius 2 is 2.05 bits per heavy atom. The average molecular weight is 641 g/mol. The molecule has 2 aromatic carbocycles. The van der Waals surface area contributed by atoms with Crippen molar-refractivity contribution < 1.29 is 23.2 Å². The van der Waals surface area contributed by atoms with Gasteiger partial charge < -0.3 is 19.1 Å². The summed E-state index contributed by atoms with van der Waals surface area (Å²) in [6, 6.07) is 11.9. The number of nitrogens with one attached hydrogen (secondary N) is 1. The molecule has 0 saturated heterocycles. The molecule has 7 nitrogen and oxygen atoms in total. The number of halogens is 1. The summed E-state index contributed by atoms with van der Waals surface area (Å²) in [5, 5.41) is 0.481. The zero-order chi connectivity index (χ0) is 30.9. The molecule has 2 aliphatic carbocycles. The van der Waals surface area contributed by atoms with Crippen molar-refractivity contribution in [2.75, 3.05) is 44.9 Å². The number of benzene rings is 2. The van der Waals surface area contributed by atoms with Crippen molar-refractivity contribution in [3.63, 3.8) is 0 Å². The van der Waals surface area contributed by atoms with E-state index in [1.807, 2.05) is 25.1 Å². The quantitative estimate of drug-likeness (QED) is 0.252. The van der Waals surface area contributed by atoms with E-state index in [1.165, 1.54) is 11.1 Å². The third-order valence-electron chi connectivity index (χ3n) is 10.2. The number of allylic oxidation sites excluding steroid dienone is 1. The average Bonchev–Trinajstić information content (AvgIpc) is 3.13. The number of methoxy groups -OCH3 is 1. The molecule has 2 heterocycles. The molecule has 238 valence electrons. The van der Waals surface area contributed by atoms with Crippen molar-refractivity contribution in [3.8, 4) is 5.75 Å². The molecule has 2 bridgehead atoms. The first-order chi connectivity index (χ1) is 21.2. The molecule has 6 rings (SSSR count). The van der Waals surface area contributed by atoms with Crippen molar-refractivity contribution in [2.45, 2.75) is 68.6 Å². The highest BCUT2D eigenvalue weighted by atomic mass is 35.5. The Morgan fingerprint density at radius 1 is 1.18 bits per heavy atom. The molecular formula is C35H45ClN2O5S. The van der Waals surface area contributed by atoms with E-state index >= 15 is 0 Å². The van der Waals surface area contributed by atoms with Crippen LogP contribution >= 0.6 is 11.6 Å². The van der Waals surface area contributed by atoms with E-state index in [4.69, 9.17) is 25.8 Å². The predicted octanol–water partition coefficient (Wildman–Crippen LogP) is 5.97. The van der Waals surface area contributed by atoms with Crippen molar-refractivity contribution >= 4 is 38.8 Å². The normalized spacial score (nSPS) is 32.8. The Balaban J connectivity index is 1.40. The third-order valence-corrected chi connectivity index (χ3v) is 12.5. The minimum Gasteiger partial charge on any atom is -0.490 e. The van der Waals surface area contributed by atoms with E-state index < -0.39 is 9.71 Å². The number of carbonyl (C=O) groups is 1. The standard InChI is InChI=1S/C35H45ClN2O5S/c1-24-7-4-5-9-32(42-18-17-41-2)29-13-10-27(29)21-38-22-35(16-6-8-25-19-28(36)12-14-30(25)35)23-43-33-15-11-26(20-31(33)38)34(39)37-44(24,3)40/h5,9,11-12,14-15,19-20,24,27,29,32H,3-4,6-8,10,13,16-18,21-23H2,1-2H3,(H,37,39,40)/b9-5+/t24-,27+,29-,32+,35+,44?/m1/s1. The summed E-state index contributed by atoms with van der Waals surface area (Å²) < 4.78 is 34.6. The van der Waals surface area contributed by atoms with Gasteiger partial charge in [-0.1, -0.05) is 29.8 Å². The number of fused-ring (bicyclic) bond motifs is 4. The van der Waals surface area contributed by atoms with Gasteiger partial charge in [-0.25, -0.2) is 4.21 Å². The Kier molecular flexibility index (Phi) is 9.35. The monoisotopic (exact) mass is 640 g/mol. The van der Waals surface area contributed by atoms with Crippen LogP contribution in [-0.4, -0.2) is 67.4 Å². The summed E-state index contributed by atoms with van der Waals surface area (Å²) in [5.74, 6) is 5.15. The Labute approximate surface area is 267 Å². The van der Waals surface area contributed by atoms with Crippen LogP contribution in [0.25, 0.3) is 0 Å². The Morgan fingerprint density at radius 3 is 2.84 bits per heavy atom. The lowest BCUT2D eigenvalue weighted by molar-refractivity contribution is -0.0309. The molecule has 2 aromatic rings. The van der Waals surface area contributed by atoms with Crippen LogP contribution < -0.4 is 14.4 Å². The number of nitrogens with zero attached hydrogens (tertiary/aromatic N) is 1. The molecule has 1 fully saturated rings. The number of hydrogen-bond acceptors (Lipinski definition) is 6. The van der Waals surface area contributed by atoms with Gasteiger partial charge in [-0.05, 0) is 111 Å².